The molecular formula is C16H22F2N2OS. The summed E-state index contributed by atoms with van der Waals surface area (Å²) < 4.78 is 24.9. The summed E-state index contributed by atoms with van der Waals surface area (Å²) in [5, 5.41) is 0. The summed E-state index contributed by atoms with van der Waals surface area (Å²) in [5.41, 5.74) is 0. The molecule has 1 aliphatic carbocycles. The third kappa shape index (κ3) is 3.66. The molecule has 0 bridgehead atoms. The quantitative estimate of drug-likeness (QED) is 0.848. The summed E-state index contributed by atoms with van der Waals surface area (Å²) in [5.74, 6) is 0.710. The van der Waals surface area contributed by atoms with E-state index in [2.05, 4.69) is 19.1 Å². The standard InChI is InChI=1S/C16H22F2N2OS/c1-11-3-4-14(22-11)12-9-13(12)16(21)20-6-2-5-19(7-8-20)10-15(17)18/h3-4,12-13,15H,2,5-10H2,1H3/t12-,13-/m1/s1. The lowest BCUT2D eigenvalue weighted by atomic mass is 10.2. The van der Waals surface area contributed by atoms with Crippen LogP contribution < -0.4 is 0 Å². The van der Waals surface area contributed by atoms with E-state index in [4.69, 9.17) is 0 Å². The topological polar surface area (TPSA) is 23.6 Å². The van der Waals surface area contributed by atoms with Crippen LogP contribution in [0.25, 0.3) is 0 Å². The normalized spacial score (nSPS) is 26.3. The van der Waals surface area contributed by atoms with E-state index in [0.29, 0.717) is 32.1 Å². The van der Waals surface area contributed by atoms with Gasteiger partial charge in [-0.2, -0.15) is 0 Å². The molecule has 1 aromatic heterocycles. The van der Waals surface area contributed by atoms with Crippen LogP contribution in [0.3, 0.4) is 0 Å². The molecule has 0 spiro atoms. The number of halogens is 2. The molecule has 0 radical (unpaired) electrons. The summed E-state index contributed by atoms with van der Waals surface area (Å²) in [4.78, 5) is 18.8. The van der Waals surface area contributed by atoms with Gasteiger partial charge in [0, 0.05) is 47.8 Å². The van der Waals surface area contributed by atoms with Gasteiger partial charge in [-0.05, 0) is 31.9 Å². The first-order chi connectivity index (χ1) is 10.5. The minimum Gasteiger partial charge on any atom is -0.341 e. The van der Waals surface area contributed by atoms with E-state index >= 15 is 0 Å². The Morgan fingerprint density at radius 1 is 1.32 bits per heavy atom. The second kappa shape index (κ2) is 6.62. The molecule has 1 saturated carbocycles. The second-order valence-corrected chi connectivity index (χ2v) is 7.59. The number of amides is 1. The third-order valence-electron chi connectivity index (χ3n) is 4.53. The van der Waals surface area contributed by atoms with Crippen molar-refractivity contribution in [3.63, 3.8) is 0 Å². The van der Waals surface area contributed by atoms with E-state index in [-0.39, 0.29) is 18.4 Å². The molecule has 1 saturated heterocycles. The van der Waals surface area contributed by atoms with E-state index in [1.54, 1.807) is 16.2 Å². The molecule has 1 amide bonds. The summed E-state index contributed by atoms with van der Waals surface area (Å²) >= 11 is 1.78. The summed E-state index contributed by atoms with van der Waals surface area (Å²) in [7, 11) is 0. The number of carbonyl (C=O) groups excluding carboxylic acids is 1. The molecule has 122 valence electrons. The van der Waals surface area contributed by atoms with Crippen LogP contribution in [0.15, 0.2) is 12.1 Å². The summed E-state index contributed by atoms with van der Waals surface area (Å²) in [6, 6.07) is 4.23. The predicted molar refractivity (Wildman–Crippen MR) is 83.5 cm³/mol. The Balaban J connectivity index is 1.53. The number of hydrogen-bond acceptors (Lipinski definition) is 3. The van der Waals surface area contributed by atoms with Crippen LogP contribution in [0.1, 0.15) is 28.5 Å². The molecular weight excluding hydrogens is 306 g/mol. The van der Waals surface area contributed by atoms with Gasteiger partial charge in [0.1, 0.15) is 0 Å². The van der Waals surface area contributed by atoms with Crippen LogP contribution in [0.5, 0.6) is 0 Å². The molecule has 3 rings (SSSR count). The zero-order valence-electron chi connectivity index (χ0n) is 12.8. The van der Waals surface area contributed by atoms with Crippen LogP contribution in [0.4, 0.5) is 8.78 Å². The minimum atomic E-state index is -2.29. The van der Waals surface area contributed by atoms with Crippen molar-refractivity contribution in [3.05, 3.63) is 21.9 Å². The van der Waals surface area contributed by atoms with Crippen molar-refractivity contribution in [2.24, 2.45) is 5.92 Å². The van der Waals surface area contributed by atoms with Gasteiger partial charge in [-0.25, -0.2) is 8.78 Å². The lowest BCUT2D eigenvalue weighted by Crippen LogP contribution is -2.37. The second-order valence-electron chi connectivity index (χ2n) is 6.27. The number of thiophene rings is 1. The zero-order valence-corrected chi connectivity index (χ0v) is 13.6. The van der Waals surface area contributed by atoms with Crippen molar-refractivity contribution in [1.29, 1.82) is 0 Å². The minimum absolute atomic E-state index is 0.111. The fraction of sp³-hybridized carbons (Fsp3) is 0.688. The highest BCUT2D eigenvalue weighted by molar-refractivity contribution is 7.12. The highest BCUT2D eigenvalue weighted by Gasteiger charge is 2.46. The Labute approximate surface area is 133 Å². The van der Waals surface area contributed by atoms with Crippen molar-refractivity contribution >= 4 is 17.2 Å². The Bertz CT molecular complexity index is 534. The van der Waals surface area contributed by atoms with Gasteiger partial charge in [-0.15, -0.1) is 11.3 Å². The van der Waals surface area contributed by atoms with Crippen molar-refractivity contribution in [2.45, 2.75) is 32.1 Å². The van der Waals surface area contributed by atoms with Crippen LogP contribution in [0.2, 0.25) is 0 Å². The molecule has 2 heterocycles. The number of rotatable bonds is 4. The smallest absolute Gasteiger partial charge is 0.251 e. The molecule has 3 nitrogen and oxygen atoms in total. The Kier molecular flexibility index (Phi) is 4.78. The molecule has 2 aliphatic rings. The van der Waals surface area contributed by atoms with E-state index in [0.717, 1.165) is 12.8 Å². The fourth-order valence-corrected chi connectivity index (χ4v) is 4.29. The molecule has 0 aromatic carbocycles. The maximum absolute atomic E-state index is 12.6. The van der Waals surface area contributed by atoms with Crippen LogP contribution in [0, 0.1) is 12.8 Å². The fourth-order valence-electron chi connectivity index (χ4n) is 3.24. The summed E-state index contributed by atoms with van der Waals surface area (Å²) in [6.45, 7) is 4.41. The first kappa shape index (κ1) is 15.9. The van der Waals surface area contributed by atoms with Gasteiger partial charge in [-0.3, -0.25) is 9.69 Å². The molecule has 6 heteroatoms. The number of nitrogens with zero attached hydrogens (tertiary/aromatic N) is 2. The van der Waals surface area contributed by atoms with Crippen molar-refractivity contribution in [1.82, 2.24) is 9.80 Å². The molecule has 22 heavy (non-hydrogen) atoms. The monoisotopic (exact) mass is 328 g/mol. The Hall–Kier alpha value is -1.01. The van der Waals surface area contributed by atoms with Gasteiger partial charge < -0.3 is 4.90 Å². The van der Waals surface area contributed by atoms with Crippen molar-refractivity contribution < 1.29 is 13.6 Å². The predicted octanol–water partition coefficient (Wildman–Crippen LogP) is 2.96. The van der Waals surface area contributed by atoms with Gasteiger partial charge in [0.2, 0.25) is 5.91 Å². The van der Waals surface area contributed by atoms with E-state index in [1.165, 1.54) is 9.75 Å². The van der Waals surface area contributed by atoms with E-state index < -0.39 is 6.43 Å². The van der Waals surface area contributed by atoms with Crippen LogP contribution >= 0.6 is 11.3 Å². The van der Waals surface area contributed by atoms with Crippen molar-refractivity contribution in [3.8, 4) is 0 Å². The number of aryl methyl sites for hydroxylation is 1. The van der Waals surface area contributed by atoms with Crippen LogP contribution in [-0.2, 0) is 4.79 Å². The SMILES string of the molecule is Cc1ccc([C@@H]2C[C@H]2C(=O)N2CCCN(CC(F)F)CC2)s1. The molecule has 0 N–H and O–H groups in total. The first-order valence-corrected chi connectivity index (χ1v) is 8.72. The van der Waals surface area contributed by atoms with Gasteiger partial charge >= 0.3 is 0 Å². The lowest BCUT2D eigenvalue weighted by molar-refractivity contribution is -0.132. The maximum Gasteiger partial charge on any atom is 0.251 e. The Morgan fingerprint density at radius 3 is 2.82 bits per heavy atom. The first-order valence-electron chi connectivity index (χ1n) is 7.90. The van der Waals surface area contributed by atoms with E-state index in [1.807, 2.05) is 4.90 Å². The van der Waals surface area contributed by atoms with Gasteiger partial charge in [0.15, 0.2) is 0 Å². The molecule has 0 unspecified atom stereocenters. The van der Waals surface area contributed by atoms with E-state index in [9.17, 15) is 13.6 Å². The molecule has 2 fully saturated rings. The number of hydrogen-bond donors (Lipinski definition) is 0. The number of alkyl halides is 2. The molecule has 2 atom stereocenters. The number of carbonyl (C=O) groups is 1. The van der Waals surface area contributed by atoms with Crippen LogP contribution in [-0.4, -0.2) is 54.9 Å². The van der Waals surface area contributed by atoms with Gasteiger partial charge in [-0.1, -0.05) is 0 Å². The highest BCUT2D eigenvalue weighted by atomic mass is 32.1. The highest BCUT2D eigenvalue weighted by Crippen LogP contribution is 2.50. The maximum atomic E-state index is 12.6. The van der Waals surface area contributed by atoms with Crippen molar-refractivity contribution in [2.75, 3.05) is 32.7 Å². The summed E-state index contributed by atoms with van der Waals surface area (Å²) in [6.07, 6.45) is -0.568. The molecule has 1 aliphatic heterocycles. The molecule has 1 aromatic rings. The lowest BCUT2D eigenvalue weighted by Gasteiger charge is -2.22. The van der Waals surface area contributed by atoms with Gasteiger partial charge in [0.05, 0.1) is 6.54 Å². The average Bonchev–Trinajstić information content (AvgIpc) is 3.19. The zero-order chi connectivity index (χ0) is 15.7. The Morgan fingerprint density at radius 2 is 2.14 bits per heavy atom. The van der Waals surface area contributed by atoms with Gasteiger partial charge in [0.25, 0.3) is 6.43 Å². The average molecular weight is 328 g/mol. The largest absolute Gasteiger partial charge is 0.341 e. The third-order valence-corrected chi connectivity index (χ3v) is 5.66.